The Morgan fingerprint density at radius 1 is 0.794 bits per heavy atom. The van der Waals surface area contributed by atoms with Gasteiger partial charge in [-0.2, -0.15) is 0 Å². The van der Waals surface area contributed by atoms with Crippen LogP contribution in [0, 0.1) is 20.8 Å². The molecule has 0 saturated heterocycles. The number of hydrogen-bond acceptors (Lipinski definition) is 4. The Kier molecular flexibility index (Phi) is 5.00. The Labute approximate surface area is 204 Å². The molecule has 34 heavy (non-hydrogen) atoms. The van der Waals surface area contributed by atoms with Gasteiger partial charge in [0.15, 0.2) is 0 Å². The predicted octanol–water partition coefficient (Wildman–Crippen LogP) is 8.55. The molecule has 0 amide bonds. The summed E-state index contributed by atoms with van der Waals surface area (Å²) >= 11 is 1.95. The van der Waals surface area contributed by atoms with Gasteiger partial charge in [0.05, 0.1) is 0 Å². The minimum absolute atomic E-state index is 0.156. The number of benzene rings is 3. The first-order valence-corrected chi connectivity index (χ1v) is 12.5. The largest absolute Gasteiger partial charge is 0.438 e. The van der Waals surface area contributed by atoms with Crippen molar-refractivity contribution in [2.75, 3.05) is 4.90 Å². The van der Waals surface area contributed by atoms with E-state index in [9.17, 15) is 0 Å². The second-order valence-electron chi connectivity index (χ2n) is 9.02. The molecule has 2 aromatic heterocycles. The van der Waals surface area contributed by atoms with Crippen molar-refractivity contribution in [2.45, 2.75) is 33.1 Å². The van der Waals surface area contributed by atoms with Crippen LogP contribution in [0.3, 0.4) is 0 Å². The topological polar surface area (TPSA) is 29.3 Å². The second kappa shape index (κ2) is 8.07. The fourth-order valence-electron chi connectivity index (χ4n) is 5.12. The summed E-state index contributed by atoms with van der Waals surface area (Å²) in [6.45, 7) is 8.88. The van der Waals surface area contributed by atoms with Crippen molar-refractivity contribution >= 4 is 44.4 Å². The molecule has 3 nitrogen and oxygen atoms in total. The van der Waals surface area contributed by atoms with Crippen LogP contribution in [0.4, 0.5) is 5.69 Å². The molecule has 0 saturated carbocycles. The number of pyridine rings is 1. The third-order valence-electron chi connectivity index (χ3n) is 6.80. The molecule has 1 atom stereocenters. The lowest BCUT2D eigenvalue weighted by Gasteiger charge is -2.31. The summed E-state index contributed by atoms with van der Waals surface area (Å²) in [4.78, 5) is 8.28. The van der Waals surface area contributed by atoms with E-state index in [2.05, 4.69) is 104 Å². The maximum Gasteiger partial charge on any atom is 0.227 e. The van der Waals surface area contributed by atoms with Crippen LogP contribution in [0.5, 0.6) is 0 Å². The van der Waals surface area contributed by atoms with Crippen LogP contribution >= 0.6 is 11.8 Å². The first kappa shape index (κ1) is 21.1. The Hall–Kier alpha value is -3.50. The molecule has 168 valence electrons. The van der Waals surface area contributed by atoms with Crippen LogP contribution in [-0.4, -0.2) is 4.98 Å². The molecule has 1 aliphatic rings. The standard InChI is InChI=1S/C30H26N2OS/c1-18-10-8-11-19(2)27(18)30-32(21(4)28(34-30)22-12-6-5-7-13-22)25-17-24-23-14-9-15-31-29(23)33-26(24)16-20(25)3/h5-17,30H,1-4H3. The average molecular weight is 463 g/mol. The van der Waals surface area contributed by atoms with Crippen molar-refractivity contribution < 1.29 is 4.42 Å². The van der Waals surface area contributed by atoms with Crippen LogP contribution in [0.1, 0.15) is 40.1 Å². The van der Waals surface area contributed by atoms with Crippen LogP contribution in [0.15, 0.2) is 89.1 Å². The molecule has 0 spiro atoms. The lowest BCUT2D eigenvalue weighted by atomic mass is 10.0. The first-order valence-electron chi connectivity index (χ1n) is 11.6. The molecule has 0 N–H and O–H groups in total. The molecule has 3 aromatic carbocycles. The van der Waals surface area contributed by atoms with Gasteiger partial charge in [-0.05, 0) is 79.8 Å². The Morgan fingerprint density at radius 2 is 1.56 bits per heavy atom. The molecule has 1 aliphatic heterocycles. The third-order valence-corrected chi connectivity index (χ3v) is 8.24. The van der Waals surface area contributed by atoms with Gasteiger partial charge in [0.2, 0.25) is 5.71 Å². The van der Waals surface area contributed by atoms with E-state index in [-0.39, 0.29) is 5.37 Å². The predicted molar refractivity (Wildman–Crippen MR) is 144 cm³/mol. The minimum atomic E-state index is 0.156. The quantitative estimate of drug-likeness (QED) is 0.269. The maximum absolute atomic E-state index is 6.07. The van der Waals surface area contributed by atoms with E-state index in [4.69, 9.17) is 4.42 Å². The van der Waals surface area contributed by atoms with Crippen LogP contribution in [0.25, 0.3) is 27.0 Å². The normalized spacial score (nSPS) is 16.2. The summed E-state index contributed by atoms with van der Waals surface area (Å²) in [6, 6.07) is 25.9. The van der Waals surface area contributed by atoms with Gasteiger partial charge in [0, 0.05) is 33.3 Å². The zero-order valence-corrected chi connectivity index (χ0v) is 20.6. The summed E-state index contributed by atoms with van der Waals surface area (Å²) in [5.74, 6) is 0. The number of furan rings is 1. The number of allylic oxidation sites excluding steroid dienone is 1. The van der Waals surface area contributed by atoms with E-state index in [1.807, 2.05) is 17.8 Å². The number of hydrogen-bond donors (Lipinski definition) is 0. The Bertz CT molecular complexity index is 1560. The van der Waals surface area contributed by atoms with Crippen molar-refractivity contribution in [3.05, 3.63) is 113 Å². The second-order valence-corrected chi connectivity index (χ2v) is 10.1. The van der Waals surface area contributed by atoms with Gasteiger partial charge in [0.1, 0.15) is 11.0 Å². The van der Waals surface area contributed by atoms with Gasteiger partial charge in [-0.15, -0.1) is 0 Å². The van der Waals surface area contributed by atoms with Gasteiger partial charge in [0.25, 0.3) is 0 Å². The lowest BCUT2D eigenvalue weighted by Crippen LogP contribution is -2.23. The van der Waals surface area contributed by atoms with Crippen LogP contribution in [0.2, 0.25) is 0 Å². The van der Waals surface area contributed by atoms with Crippen molar-refractivity contribution in [1.29, 1.82) is 0 Å². The number of nitrogens with zero attached hydrogens (tertiary/aromatic N) is 2. The van der Waals surface area contributed by atoms with E-state index in [1.165, 1.54) is 44.1 Å². The number of rotatable bonds is 3. The molecular weight excluding hydrogens is 436 g/mol. The average Bonchev–Trinajstić information content (AvgIpc) is 3.36. The van der Waals surface area contributed by atoms with E-state index in [0.29, 0.717) is 5.71 Å². The lowest BCUT2D eigenvalue weighted by molar-refractivity contribution is 0.653. The fourth-order valence-corrected chi connectivity index (χ4v) is 6.75. The zero-order valence-electron chi connectivity index (χ0n) is 19.8. The molecule has 0 radical (unpaired) electrons. The van der Waals surface area contributed by atoms with E-state index < -0.39 is 0 Å². The minimum Gasteiger partial charge on any atom is -0.438 e. The SMILES string of the molecule is CC1=C(c2ccccc2)SC(c2c(C)cccc2C)N1c1cc2c(cc1C)oc1ncccc12. The highest BCUT2D eigenvalue weighted by Crippen LogP contribution is 2.55. The first-order chi connectivity index (χ1) is 16.5. The number of aromatic nitrogens is 1. The van der Waals surface area contributed by atoms with Gasteiger partial charge in [-0.25, -0.2) is 4.98 Å². The Morgan fingerprint density at radius 3 is 2.32 bits per heavy atom. The highest BCUT2D eigenvalue weighted by atomic mass is 32.2. The summed E-state index contributed by atoms with van der Waals surface area (Å²) in [5.41, 5.74) is 10.5. The molecule has 4 heteroatoms. The Balaban J connectivity index is 1.60. The van der Waals surface area contributed by atoms with Crippen LogP contribution in [-0.2, 0) is 0 Å². The van der Waals surface area contributed by atoms with Gasteiger partial charge in [-0.3, -0.25) is 0 Å². The molecule has 0 fully saturated rings. The highest BCUT2D eigenvalue weighted by Gasteiger charge is 2.35. The van der Waals surface area contributed by atoms with Crippen molar-refractivity contribution in [3.63, 3.8) is 0 Å². The van der Waals surface area contributed by atoms with Crippen LogP contribution < -0.4 is 4.90 Å². The monoisotopic (exact) mass is 462 g/mol. The molecule has 3 heterocycles. The molecule has 6 rings (SSSR count). The van der Waals surface area contributed by atoms with Crippen molar-refractivity contribution in [2.24, 2.45) is 0 Å². The van der Waals surface area contributed by atoms with Crippen molar-refractivity contribution in [3.8, 4) is 0 Å². The summed E-state index contributed by atoms with van der Waals surface area (Å²) in [7, 11) is 0. The molecule has 1 unspecified atom stereocenters. The van der Waals surface area contributed by atoms with Crippen molar-refractivity contribution in [1.82, 2.24) is 4.98 Å². The third kappa shape index (κ3) is 3.24. The highest BCUT2D eigenvalue weighted by molar-refractivity contribution is 8.09. The summed E-state index contributed by atoms with van der Waals surface area (Å²) in [6.07, 6.45) is 1.78. The summed E-state index contributed by atoms with van der Waals surface area (Å²) in [5, 5.41) is 2.32. The van der Waals surface area contributed by atoms with E-state index in [1.54, 1.807) is 6.20 Å². The number of fused-ring (bicyclic) bond motifs is 3. The number of anilines is 1. The van der Waals surface area contributed by atoms with Gasteiger partial charge < -0.3 is 9.32 Å². The molecule has 0 aliphatic carbocycles. The number of aryl methyl sites for hydroxylation is 3. The molecular formula is C30H26N2OS. The number of thioether (sulfide) groups is 1. The van der Waals surface area contributed by atoms with Gasteiger partial charge in [-0.1, -0.05) is 60.3 Å². The summed E-state index contributed by atoms with van der Waals surface area (Å²) < 4.78 is 6.07. The van der Waals surface area contributed by atoms with Gasteiger partial charge >= 0.3 is 0 Å². The smallest absolute Gasteiger partial charge is 0.227 e. The zero-order chi connectivity index (χ0) is 23.4. The van der Waals surface area contributed by atoms with E-state index in [0.717, 1.165) is 16.4 Å². The fraction of sp³-hybridized carbons (Fsp3) is 0.167. The molecule has 0 bridgehead atoms. The molecule has 5 aromatic rings. The van der Waals surface area contributed by atoms with E-state index >= 15 is 0 Å². The maximum atomic E-state index is 6.07.